The second kappa shape index (κ2) is 7.43. The number of hydrogen-bond donors (Lipinski definition) is 2. The minimum Gasteiger partial charge on any atom is -0.382 e. The lowest BCUT2D eigenvalue weighted by Crippen LogP contribution is -2.29. The van der Waals surface area contributed by atoms with Crippen LogP contribution < -0.4 is 10.6 Å². The number of carbonyl (C=O) groups is 1. The van der Waals surface area contributed by atoms with Gasteiger partial charge in [-0.25, -0.2) is 4.39 Å². The van der Waals surface area contributed by atoms with Gasteiger partial charge < -0.3 is 10.6 Å². The quantitative estimate of drug-likeness (QED) is 0.837. The molecule has 1 aliphatic rings. The van der Waals surface area contributed by atoms with Crippen molar-refractivity contribution in [1.29, 1.82) is 0 Å². The average Bonchev–Trinajstić information content (AvgIpc) is 2.89. The number of rotatable bonds is 6. The smallest absolute Gasteiger partial charge is 0.253 e. The summed E-state index contributed by atoms with van der Waals surface area (Å²) < 4.78 is 13.9. The minimum absolute atomic E-state index is 0.187. The van der Waals surface area contributed by atoms with E-state index in [1.165, 1.54) is 25.3 Å². The number of carbonyl (C=O) groups excluding carboxylic acids is 1. The Labute approximate surface area is 126 Å². The van der Waals surface area contributed by atoms with Gasteiger partial charge in [-0.15, -0.1) is 0 Å². The molecule has 0 bridgehead atoms. The van der Waals surface area contributed by atoms with Gasteiger partial charge in [-0.2, -0.15) is 0 Å². The number of para-hydroxylation sites is 1. The monoisotopic (exact) mass is 292 g/mol. The van der Waals surface area contributed by atoms with Crippen LogP contribution in [-0.4, -0.2) is 19.0 Å². The second-order valence-corrected chi connectivity index (χ2v) is 6.08. The highest BCUT2D eigenvalue weighted by atomic mass is 19.1. The molecule has 0 saturated heterocycles. The normalized spacial score (nSPS) is 21.3. The van der Waals surface area contributed by atoms with Crippen molar-refractivity contribution in [2.45, 2.75) is 39.5 Å². The molecule has 4 heteroatoms. The molecular formula is C17H25FN2O. The van der Waals surface area contributed by atoms with E-state index >= 15 is 0 Å². The average molecular weight is 292 g/mol. The maximum Gasteiger partial charge on any atom is 0.253 e. The molecule has 1 aromatic carbocycles. The van der Waals surface area contributed by atoms with E-state index < -0.39 is 0 Å². The molecular weight excluding hydrogens is 267 g/mol. The molecule has 0 heterocycles. The SMILES string of the molecule is CCCNc1c(F)cccc1C(=O)NCC1CCC(C)C1. The fraction of sp³-hybridized carbons (Fsp3) is 0.588. The first-order valence-corrected chi connectivity index (χ1v) is 7.92. The third-order valence-corrected chi connectivity index (χ3v) is 4.16. The standard InChI is InChI=1S/C17H25FN2O/c1-3-9-19-16-14(5-4-6-15(16)18)17(21)20-11-13-8-7-12(2)10-13/h4-6,12-13,19H,3,7-11H2,1-2H3,(H,20,21). The zero-order chi connectivity index (χ0) is 15.2. The van der Waals surface area contributed by atoms with Crippen molar-refractivity contribution in [1.82, 2.24) is 5.32 Å². The van der Waals surface area contributed by atoms with Crippen molar-refractivity contribution in [3.05, 3.63) is 29.6 Å². The number of anilines is 1. The third kappa shape index (κ3) is 4.19. The Balaban J connectivity index is 1.99. The first kappa shape index (κ1) is 15.8. The molecule has 2 N–H and O–H groups in total. The van der Waals surface area contributed by atoms with Gasteiger partial charge in [-0.3, -0.25) is 4.79 Å². The Bertz CT molecular complexity index is 490. The first-order chi connectivity index (χ1) is 10.1. The summed E-state index contributed by atoms with van der Waals surface area (Å²) in [6.45, 7) is 5.60. The lowest BCUT2D eigenvalue weighted by Gasteiger charge is -2.15. The summed E-state index contributed by atoms with van der Waals surface area (Å²) in [6, 6.07) is 4.64. The second-order valence-electron chi connectivity index (χ2n) is 6.08. The van der Waals surface area contributed by atoms with Crippen LogP contribution in [0.3, 0.4) is 0 Å². The van der Waals surface area contributed by atoms with E-state index in [-0.39, 0.29) is 11.7 Å². The van der Waals surface area contributed by atoms with Gasteiger partial charge >= 0.3 is 0 Å². The lowest BCUT2D eigenvalue weighted by molar-refractivity contribution is 0.0947. The molecule has 0 aromatic heterocycles. The molecule has 1 fully saturated rings. The Kier molecular flexibility index (Phi) is 5.59. The molecule has 0 aliphatic heterocycles. The molecule has 0 spiro atoms. The molecule has 2 unspecified atom stereocenters. The summed E-state index contributed by atoms with van der Waals surface area (Å²) in [7, 11) is 0. The van der Waals surface area contributed by atoms with Gasteiger partial charge in [0.15, 0.2) is 0 Å². The Morgan fingerprint density at radius 1 is 1.38 bits per heavy atom. The van der Waals surface area contributed by atoms with E-state index in [4.69, 9.17) is 0 Å². The highest BCUT2D eigenvalue weighted by Gasteiger charge is 2.22. The molecule has 0 radical (unpaired) electrons. The minimum atomic E-state index is -0.370. The van der Waals surface area contributed by atoms with Crippen molar-refractivity contribution >= 4 is 11.6 Å². The summed E-state index contributed by atoms with van der Waals surface area (Å²) in [5, 5.41) is 5.97. The molecule has 1 aliphatic carbocycles. The summed E-state index contributed by atoms with van der Waals surface area (Å²) in [4.78, 5) is 12.3. The summed E-state index contributed by atoms with van der Waals surface area (Å²) >= 11 is 0. The molecule has 2 atom stereocenters. The zero-order valence-electron chi connectivity index (χ0n) is 12.9. The molecule has 1 amide bonds. The van der Waals surface area contributed by atoms with E-state index in [0.717, 1.165) is 12.3 Å². The van der Waals surface area contributed by atoms with Crippen LogP contribution in [0.25, 0.3) is 0 Å². The topological polar surface area (TPSA) is 41.1 Å². The third-order valence-electron chi connectivity index (χ3n) is 4.16. The fourth-order valence-electron chi connectivity index (χ4n) is 2.99. The lowest BCUT2D eigenvalue weighted by atomic mass is 10.1. The summed E-state index contributed by atoms with van der Waals surface area (Å²) in [5.41, 5.74) is 0.714. The van der Waals surface area contributed by atoms with E-state index in [9.17, 15) is 9.18 Å². The Hall–Kier alpha value is -1.58. The number of nitrogens with one attached hydrogen (secondary N) is 2. The van der Waals surface area contributed by atoms with Crippen LogP contribution in [0.4, 0.5) is 10.1 Å². The fourth-order valence-corrected chi connectivity index (χ4v) is 2.99. The van der Waals surface area contributed by atoms with Gasteiger partial charge in [0.05, 0.1) is 11.3 Å². The highest BCUT2D eigenvalue weighted by molar-refractivity contribution is 5.99. The number of amides is 1. The largest absolute Gasteiger partial charge is 0.382 e. The number of halogens is 1. The number of benzene rings is 1. The van der Waals surface area contributed by atoms with Crippen molar-refractivity contribution in [3.8, 4) is 0 Å². The molecule has 116 valence electrons. The van der Waals surface area contributed by atoms with Crippen molar-refractivity contribution in [2.24, 2.45) is 11.8 Å². The van der Waals surface area contributed by atoms with Gasteiger partial charge in [-0.1, -0.05) is 26.3 Å². The predicted octanol–water partition coefficient (Wildman–Crippen LogP) is 3.81. The number of hydrogen-bond acceptors (Lipinski definition) is 2. The van der Waals surface area contributed by atoms with Crippen LogP contribution in [-0.2, 0) is 0 Å². The van der Waals surface area contributed by atoms with E-state index in [0.29, 0.717) is 30.3 Å². The van der Waals surface area contributed by atoms with E-state index in [2.05, 4.69) is 17.6 Å². The van der Waals surface area contributed by atoms with Crippen molar-refractivity contribution < 1.29 is 9.18 Å². The van der Waals surface area contributed by atoms with Crippen molar-refractivity contribution in [2.75, 3.05) is 18.4 Å². The van der Waals surface area contributed by atoms with Gasteiger partial charge in [0.25, 0.3) is 5.91 Å². The van der Waals surface area contributed by atoms with Crippen molar-refractivity contribution in [3.63, 3.8) is 0 Å². The van der Waals surface area contributed by atoms with Crippen LogP contribution in [0.2, 0.25) is 0 Å². The van der Waals surface area contributed by atoms with Gasteiger partial charge in [-0.05, 0) is 43.2 Å². The molecule has 2 rings (SSSR count). The van der Waals surface area contributed by atoms with E-state index in [1.807, 2.05) is 6.92 Å². The van der Waals surface area contributed by atoms with Crippen LogP contribution in [0.5, 0.6) is 0 Å². The Morgan fingerprint density at radius 3 is 2.86 bits per heavy atom. The van der Waals surface area contributed by atoms with Crippen LogP contribution >= 0.6 is 0 Å². The molecule has 3 nitrogen and oxygen atoms in total. The first-order valence-electron chi connectivity index (χ1n) is 7.92. The molecule has 1 aromatic rings. The molecule has 21 heavy (non-hydrogen) atoms. The van der Waals surface area contributed by atoms with E-state index in [1.54, 1.807) is 12.1 Å². The van der Waals surface area contributed by atoms with Gasteiger partial charge in [0.2, 0.25) is 0 Å². The summed E-state index contributed by atoms with van der Waals surface area (Å²) in [6.07, 6.45) is 4.47. The van der Waals surface area contributed by atoms with Crippen LogP contribution in [0.15, 0.2) is 18.2 Å². The predicted molar refractivity (Wildman–Crippen MR) is 84.0 cm³/mol. The molecule has 1 saturated carbocycles. The zero-order valence-corrected chi connectivity index (χ0v) is 12.9. The highest BCUT2D eigenvalue weighted by Crippen LogP contribution is 2.29. The van der Waals surface area contributed by atoms with Gasteiger partial charge in [0, 0.05) is 13.1 Å². The Morgan fingerprint density at radius 2 is 2.19 bits per heavy atom. The maximum atomic E-state index is 13.9. The van der Waals surface area contributed by atoms with Crippen LogP contribution in [0.1, 0.15) is 49.9 Å². The summed E-state index contributed by atoms with van der Waals surface area (Å²) in [5.74, 6) is 0.755. The van der Waals surface area contributed by atoms with Crippen LogP contribution in [0, 0.1) is 17.7 Å². The maximum absolute atomic E-state index is 13.9. The van der Waals surface area contributed by atoms with Gasteiger partial charge in [0.1, 0.15) is 5.82 Å².